The van der Waals surface area contributed by atoms with Gasteiger partial charge in [0, 0.05) is 11.4 Å². The number of esters is 1. The number of aromatic amines is 1. The second-order valence-corrected chi connectivity index (χ2v) is 4.58. The lowest BCUT2D eigenvalue weighted by Crippen LogP contribution is -2.05. The van der Waals surface area contributed by atoms with E-state index >= 15 is 0 Å². The lowest BCUT2D eigenvalue weighted by molar-refractivity contribution is 0.0593. The molecule has 6 heteroatoms. The number of carbonyl (C=O) groups is 2. The van der Waals surface area contributed by atoms with Gasteiger partial charge in [-0.05, 0) is 42.8 Å². The van der Waals surface area contributed by atoms with E-state index in [1.54, 1.807) is 30.3 Å². The van der Waals surface area contributed by atoms with Crippen molar-refractivity contribution in [2.24, 2.45) is 0 Å². The minimum Gasteiger partial charge on any atom is -0.478 e. The van der Waals surface area contributed by atoms with E-state index in [1.807, 2.05) is 6.92 Å². The summed E-state index contributed by atoms with van der Waals surface area (Å²) in [6.45, 7) is 2.33. The van der Waals surface area contributed by atoms with Crippen molar-refractivity contribution in [1.29, 1.82) is 0 Å². The highest BCUT2D eigenvalue weighted by atomic mass is 16.5. The maximum atomic E-state index is 11.3. The smallest absolute Gasteiger partial charge is 0.354 e. The number of hydrogen-bond acceptors (Lipinski definition) is 4. The first-order valence-corrected chi connectivity index (χ1v) is 6.35. The highest BCUT2D eigenvalue weighted by Crippen LogP contribution is 2.17. The molecule has 3 N–H and O–H groups in total. The largest absolute Gasteiger partial charge is 0.478 e. The number of carbonyl (C=O) groups excluding carboxylic acids is 1. The fourth-order valence-corrected chi connectivity index (χ4v) is 1.96. The molecule has 0 aliphatic heterocycles. The quantitative estimate of drug-likeness (QED) is 0.735. The summed E-state index contributed by atoms with van der Waals surface area (Å²) in [6, 6.07) is 8.33. The van der Waals surface area contributed by atoms with E-state index in [0.29, 0.717) is 12.2 Å². The van der Waals surface area contributed by atoms with Crippen molar-refractivity contribution in [3.63, 3.8) is 0 Å². The number of aromatic nitrogens is 1. The summed E-state index contributed by atoms with van der Waals surface area (Å²) in [5.41, 5.74) is 3.17. The van der Waals surface area contributed by atoms with Gasteiger partial charge in [-0.25, -0.2) is 9.59 Å². The molecule has 0 atom stereocenters. The molecule has 0 aliphatic carbocycles. The molecule has 0 saturated carbocycles. The van der Waals surface area contributed by atoms with Gasteiger partial charge < -0.3 is 20.1 Å². The highest BCUT2D eigenvalue weighted by Gasteiger charge is 2.09. The average molecular weight is 288 g/mol. The van der Waals surface area contributed by atoms with Gasteiger partial charge in [0.15, 0.2) is 0 Å². The van der Waals surface area contributed by atoms with Gasteiger partial charge in [-0.2, -0.15) is 0 Å². The first-order valence-electron chi connectivity index (χ1n) is 6.35. The third-order valence-corrected chi connectivity index (χ3v) is 3.09. The number of aryl methyl sites for hydroxylation is 1. The van der Waals surface area contributed by atoms with Crippen LogP contribution in [0.5, 0.6) is 0 Å². The molecule has 110 valence electrons. The van der Waals surface area contributed by atoms with E-state index in [1.165, 1.54) is 7.11 Å². The van der Waals surface area contributed by atoms with Crippen LogP contribution >= 0.6 is 0 Å². The third kappa shape index (κ3) is 3.42. The number of aromatic carboxylic acids is 1. The van der Waals surface area contributed by atoms with Gasteiger partial charge in [-0.1, -0.05) is 0 Å². The van der Waals surface area contributed by atoms with Gasteiger partial charge in [-0.3, -0.25) is 0 Å². The Morgan fingerprint density at radius 3 is 2.67 bits per heavy atom. The maximum absolute atomic E-state index is 11.3. The normalized spacial score (nSPS) is 10.2. The maximum Gasteiger partial charge on any atom is 0.354 e. The lowest BCUT2D eigenvalue weighted by atomic mass is 10.1. The fraction of sp³-hybridized carbons (Fsp3) is 0.200. The summed E-state index contributed by atoms with van der Waals surface area (Å²) in [7, 11) is 1.33. The topological polar surface area (TPSA) is 91.4 Å². The summed E-state index contributed by atoms with van der Waals surface area (Å²) in [6.07, 6.45) is 0. The predicted octanol–water partition coefficient (Wildman–Crippen LogP) is 2.42. The molecule has 0 radical (unpaired) electrons. The van der Waals surface area contributed by atoms with Crippen LogP contribution in [0.2, 0.25) is 0 Å². The minimum atomic E-state index is -0.947. The first-order chi connectivity index (χ1) is 10.0. The molecular formula is C15H16N2O4. The zero-order chi connectivity index (χ0) is 15.4. The average Bonchev–Trinajstić information content (AvgIpc) is 2.93. The summed E-state index contributed by atoms with van der Waals surface area (Å²) in [4.78, 5) is 25.1. The Morgan fingerprint density at radius 2 is 2.05 bits per heavy atom. The molecule has 1 aromatic heterocycles. The minimum absolute atomic E-state index is 0.255. The van der Waals surface area contributed by atoms with E-state index in [4.69, 9.17) is 5.11 Å². The van der Waals surface area contributed by atoms with Crippen LogP contribution in [-0.2, 0) is 11.3 Å². The number of benzene rings is 1. The summed E-state index contributed by atoms with van der Waals surface area (Å²) in [5.74, 6) is -1.36. The monoisotopic (exact) mass is 288 g/mol. The number of nitrogens with one attached hydrogen (secondary N) is 2. The molecule has 2 aromatic rings. The van der Waals surface area contributed by atoms with Crippen LogP contribution in [0.4, 0.5) is 5.69 Å². The van der Waals surface area contributed by atoms with Gasteiger partial charge in [0.05, 0.1) is 19.2 Å². The molecule has 0 spiro atoms. The number of carboxylic acids is 1. The van der Waals surface area contributed by atoms with Gasteiger partial charge in [0.1, 0.15) is 5.69 Å². The molecule has 2 rings (SSSR count). The third-order valence-electron chi connectivity index (χ3n) is 3.09. The standard InChI is InChI=1S/C15H16N2O4/c1-9-7-10(14(18)19)3-5-12(9)16-8-11-4-6-13(17-11)15(20)21-2/h3-7,16-17H,8H2,1-2H3,(H,18,19). The zero-order valence-corrected chi connectivity index (χ0v) is 11.8. The molecule has 0 unspecified atom stereocenters. The summed E-state index contributed by atoms with van der Waals surface area (Å²) < 4.78 is 4.62. The van der Waals surface area contributed by atoms with Crippen molar-refractivity contribution in [2.45, 2.75) is 13.5 Å². The zero-order valence-electron chi connectivity index (χ0n) is 11.8. The Morgan fingerprint density at radius 1 is 1.29 bits per heavy atom. The SMILES string of the molecule is COC(=O)c1ccc(CNc2ccc(C(=O)O)cc2C)[nH]1. The van der Waals surface area contributed by atoms with E-state index in [2.05, 4.69) is 15.0 Å². The van der Waals surface area contributed by atoms with Gasteiger partial charge >= 0.3 is 11.9 Å². The Balaban J connectivity index is 2.04. The van der Waals surface area contributed by atoms with E-state index < -0.39 is 11.9 Å². The Labute approximate surface area is 121 Å². The molecular weight excluding hydrogens is 272 g/mol. The number of carboxylic acid groups (broad SMARTS) is 1. The molecule has 6 nitrogen and oxygen atoms in total. The number of methoxy groups -OCH3 is 1. The Bertz CT molecular complexity index is 676. The van der Waals surface area contributed by atoms with E-state index in [0.717, 1.165) is 16.9 Å². The molecule has 0 aliphatic rings. The Hall–Kier alpha value is -2.76. The molecule has 0 amide bonds. The second kappa shape index (κ2) is 6.13. The van der Waals surface area contributed by atoms with Gasteiger partial charge in [-0.15, -0.1) is 0 Å². The fourth-order valence-electron chi connectivity index (χ4n) is 1.96. The van der Waals surface area contributed by atoms with Crippen molar-refractivity contribution in [3.05, 3.63) is 52.8 Å². The molecule has 0 saturated heterocycles. The molecule has 1 aromatic carbocycles. The Kier molecular flexibility index (Phi) is 4.27. The van der Waals surface area contributed by atoms with Crippen LogP contribution in [-0.4, -0.2) is 29.1 Å². The summed E-state index contributed by atoms with van der Waals surface area (Å²) >= 11 is 0. The molecule has 0 bridgehead atoms. The number of hydrogen-bond donors (Lipinski definition) is 3. The molecule has 0 fully saturated rings. The van der Waals surface area contributed by atoms with E-state index in [-0.39, 0.29) is 5.56 Å². The van der Waals surface area contributed by atoms with Crippen LogP contribution in [0.1, 0.15) is 32.1 Å². The lowest BCUT2D eigenvalue weighted by Gasteiger charge is -2.09. The van der Waals surface area contributed by atoms with Crippen LogP contribution in [0.15, 0.2) is 30.3 Å². The van der Waals surface area contributed by atoms with Crippen molar-refractivity contribution in [3.8, 4) is 0 Å². The van der Waals surface area contributed by atoms with E-state index in [9.17, 15) is 9.59 Å². The summed E-state index contributed by atoms with van der Waals surface area (Å²) in [5, 5.41) is 12.1. The number of ether oxygens (including phenoxy) is 1. The van der Waals surface area contributed by atoms with Crippen molar-refractivity contribution < 1.29 is 19.4 Å². The van der Waals surface area contributed by atoms with Crippen molar-refractivity contribution in [2.75, 3.05) is 12.4 Å². The number of anilines is 1. The number of H-pyrrole nitrogens is 1. The molecule has 1 heterocycles. The predicted molar refractivity (Wildman–Crippen MR) is 77.6 cm³/mol. The van der Waals surface area contributed by atoms with Gasteiger partial charge in [0.2, 0.25) is 0 Å². The second-order valence-electron chi connectivity index (χ2n) is 4.58. The number of rotatable bonds is 5. The van der Waals surface area contributed by atoms with Crippen molar-refractivity contribution in [1.82, 2.24) is 4.98 Å². The van der Waals surface area contributed by atoms with Crippen LogP contribution in [0.3, 0.4) is 0 Å². The van der Waals surface area contributed by atoms with Crippen LogP contribution in [0, 0.1) is 6.92 Å². The highest BCUT2D eigenvalue weighted by molar-refractivity contribution is 5.88. The first kappa shape index (κ1) is 14.6. The van der Waals surface area contributed by atoms with Gasteiger partial charge in [0.25, 0.3) is 0 Å². The molecule has 21 heavy (non-hydrogen) atoms. The van der Waals surface area contributed by atoms with Crippen LogP contribution in [0.25, 0.3) is 0 Å². The van der Waals surface area contributed by atoms with Crippen molar-refractivity contribution >= 4 is 17.6 Å². The van der Waals surface area contributed by atoms with Crippen LogP contribution < -0.4 is 5.32 Å².